The predicted molar refractivity (Wildman–Crippen MR) is 181 cm³/mol. The van der Waals surface area contributed by atoms with E-state index >= 15 is 0 Å². The molecule has 198 valence electrons. The molecule has 0 aliphatic carbocycles. The van der Waals surface area contributed by atoms with Gasteiger partial charge < -0.3 is 13.4 Å². The number of hydrogen-bond acceptors (Lipinski definition) is 2. The molecular weight excluding hydrogens is 551 g/mol. The minimum Gasteiger partial charge on any atom is -0.304 e. The van der Waals surface area contributed by atoms with Crippen molar-refractivity contribution in [3.8, 4) is 16.8 Å². The van der Waals surface area contributed by atoms with Crippen LogP contribution in [-0.2, 0) is 0 Å². The summed E-state index contributed by atoms with van der Waals surface area (Å²) in [4.78, 5) is 0. The second-order valence-corrected chi connectivity index (χ2v) is 13.2. The molecule has 4 heterocycles. The molecule has 3 nitrogen and oxygen atoms in total. The molecule has 8 aromatic rings. The summed E-state index contributed by atoms with van der Waals surface area (Å²) in [6, 6.07) is 44.8. The Labute approximate surface area is 248 Å². The number of aromatic nitrogens is 3. The fraction of sp³-hybridized carbons (Fsp3) is 0.0270. The fourth-order valence-corrected chi connectivity index (χ4v) is 9.20. The van der Waals surface area contributed by atoms with Crippen LogP contribution in [-0.4, -0.2) is 13.4 Å². The Morgan fingerprint density at radius 2 is 0.929 bits per heavy atom. The number of rotatable bonds is 1. The van der Waals surface area contributed by atoms with Crippen LogP contribution in [0.3, 0.4) is 0 Å². The van der Waals surface area contributed by atoms with Crippen LogP contribution in [0, 0.1) is 6.92 Å². The topological polar surface area (TPSA) is 13.8 Å². The van der Waals surface area contributed by atoms with Crippen LogP contribution in [0.1, 0.15) is 5.56 Å². The Kier molecular flexibility index (Phi) is 4.41. The van der Waals surface area contributed by atoms with Gasteiger partial charge in [0.2, 0.25) is 0 Å². The van der Waals surface area contributed by atoms with Gasteiger partial charge in [0, 0.05) is 0 Å². The van der Waals surface area contributed by atoms with Gasteiger partial charge in [-0.3, -0.25) is 0 Å². The van der Waals surface area contributed by atoms with Crippen LogP contribution in [0.25, 0.3) is 79.7 Å². The molecule has 0 saturated carbocycles. The van der Waals surface area contributed by atoms with Gasteiger partial charge in [0.25, 0.3) is 0 Å². The average Bonchev–Trinajstić information content (AvgIpc) is 3.03. The Morgan fingerprint density at radius 1 is 0.452 bits per heavy atom. The number of fused-ring (bicyclic) bond motifs is 8. The standard InChI is InChI=1S/C37H23N3S2/c1-22-10-2-3-11-24(22)23-20-29-35-30(21-23)39-26-13-5-7-17-32(26)42-34-19-9-15-28(37(34)39)40(35)27-14-8-18-33-36(27)38(29)25-12-4-6-16-31(25)41-33/h2-21H,1H3. The minimum atomic E-state index is 1.21. The van der Waals surface area contributed by atoms with Crippen molar-refractivity contribution in [2.45, 2.75) is 6.92 Å². The maximum Gasteiger partial charge on any atom is 0.0948 e. The van der Waals surface area contributed by atoms with Crippen molar-refractivity contribution in [2.24, 2.45) is 0 Å². The first-order valence-electron chi connectivity index (χ1n) is 14.2. The lowest BCUT2D eigenvalue weighted by molar-refractivity contribution is 1.10. The molecule has 0 unspecified atom stereocenters. The number of benzene rings is 6. The Hall–Kier alpha value is -4.84. The molecule has 0 amide bonds. The van der Waals surface area contributed by atoms with Crippen LogP contribution in [0.5, 0.6) is 0 Å². The molecule has 2 aliphatic heterocycles. The summed E-state index contributed by atoms with van der Waals surface area (Å²) in [5.41, 5.74) is 14.9. The number of para-hydroxylation sites is 4. The van der Waals surface area contributed by atoms with Gasteiger partial charge in [0.05, 0.1) is 68.6 Å². The highest BCUT2D eigenvalue weighted by Gasteiger charge is 2.25. The van der Waals surface area contributed by atoms with Crippen molar-refractivity contribution in [2.75, 3.05) is 0 Å². The average molecular weight is 574 g/mol. The lowest BCUT2D eigenvalue weighted by atomic mass is 9.98. The van der Waals surface area contributed by atoms with Crippen LogP contribution < -0.4 is 0 Å². The second kappa shape index (κ2) is 8.13. The molecular formula is C37H23N3S2. The van der Waals surface area contributed by atoms with E-state index in [1.807, 2.05) is 22.7 Å². The van der Waals surface area contributed by atoms with Crippen molar-refractivity contribution in [3.05, 3.63) is 127 Å². The van der Waals surface area contributed by atoms with Gasteiger partial charge in [0.15, 0.2) is 0 Å². The molecule has 0 atom stereocenters. The van der Waals surface area contributed by atoms with Gasteiger partial charge in [-0.1, -0.05) is 60.7 Å². The predicted octanol–water partition coefficient (Wildman–Crippen LogP) is 10.8. The Balaban J connectivity index is 1.62. The molecule has 10 rings (SSSR count). The van der Waals surface area contributed by atoms with E-state index in [-0.39, 0.29) is 0 Å². The lowest BCUT2D eigenvalue weighted by Crippen LogP contribution is -2.13. The van der Waals surface area contributed by atoms with Crippen LogP contribution in [0.15, 0.2) is 121 Å². The normalized spacial score (nSPS) is 12.4. The first-order chi connectivity index (χ1) is 20.8. The monoisotopic (exact) mass is 573 g/mol. The van der Waals surface area contributed by atoms with Gasteiger partial charge in [-0.2, -0.15) is 0 Å². The SMILES string of the molecule is Cc1ccccc1-c1cc2c3c(c1)n1c4ccccc4sc4cccc(c41)n-3c1cccc3sc4ccccc4n2c31. The van der Waals surface area contributed by atoms with E-state index in [0.717, 1.165) is 0 Å². The van der Waals surface area contributed by atoms with E-state index in [0.29, 0.717) is 0 Å². The molecule has 0 spiro atoms. The molecule has 0 saturated heterocycles. The van der Waals surface area contributed by atoms with Crippen molar-refractivity contribution in [1.82, 2.24) is 13.4 Å². The largest absolute Gasteiger partial charge is 0.304 e. The summed E-state index contributed by atoms with van der Waals surface area (Å²) in [6.45, 7) is 2.22. The third kappa shape index (κ3) is 2.84. The van der Waals surface area contributed by atoms with Crippen molar-refractivity contribution >= 4 is 85.6 Å². The molecule has 2 aromatic heterocycles. The highest BCUT2D eigenvalue weighted by Crippen LogP contribution is 2.44. The van der Waals surface area contributed by atoms with Crippen molar-refractivity contribution in [3.63, 3.8) is 0 Å². The van der Waals surface area contributed by atoms with E-state index in [2.05, 4.69) is 142 Å². The minimum absolute atomic E-state index is 1.21. The Morgan fingerprint density at radius 3 is 1.50 bits per heavy atom. The summed E-state index contributed by atoms with van der Waals surface area (Å²) in [7, 11) is 0. The zero-order valence-electron chi connectivity index (χ0n) is 22.7. The van der Waals surface area contributed by atoms with E-state index in [9.17, 15) is 0 Å². The van der Waals surface area contributed by atoms with E-state index in [4.69, 9.17) is 0 Å². The second-order valence-electron chi connectivity index (χ2n) is 11.1. The summed E-state index contributed by atoms with van der Waals surface area (Å²) < 4.78 is 12.7. The molecule has 0 fully saturated rings. The quantitative estimate of drug-likeness (QED) is 0.137. The number of aryl methyl sites for hydroxylation is 1. The molecule has 42 heavy (non-hydrogen) atoms. The third-order valence-corrected chi connectivity index (χ3v) is 11.0. The van der Waals surface area contributed by atoms with Crippen LogP contribution in [0.4, 0.5) is 0 Å². The summed E-state index contributed by atoms with van der Waals surface area (Å²) >= 11 is 3.74. The smallest absolute Gasteiger partial charge is 0.0948 e. The molecule has 6 aromatic carbocycles. The van der Waals surface area contributed by atoms with Gasteiger partial charge >= 0.3 is 0 Å². The fourth-order valence-electron chi connectivity index (χ4n) is 7.03. The molecule has 2 aliphatic rings. The van der Waals surface area contributed by atoms with E-state index in [1.165, 1.54) is 85.3 Å². The first kappa shape index (κ1) is 22.8. The molecule has 0 bridgehead atoms. The molecule has 0 radical (unpaired) electrons. The lowest BCUT2D eigenvalue weighted by Gasteiger charge is -2.28. The Bertz CT molecular complexity index is 2550. The number of hydrogen-bond donors (Lipinski definition) is 0. The zero-order chi connectivity index (χ0) is 27.5. The van der Waals surface area contributed by atoms with Gasteiger partial charge in [-0.25, -0.2) is 0 Å². The summed E-state index contributed by atoms with van der Waals surface area (Å²) in [6.07, 6.45) is 0. The van der Waals surface area contributed by atoms with Crippen molar-refractivity contribution < 1.29 is 0 Å². The van der Waals surface area contributed by atoms with E-state index < -0.39 is 0 Å². The number of nitrogens with zero attached hydrogens (tertiary/aromatic N) is 3. The molecule has 0 N–H and O–H groups in total. The third-order valence-electron chi connectivity index (χ3n) is 8.77. The van der Waals surface area contributed by atoms with Crippen molar-refractivity contribution in [1.29, 1.82) is 0 Å². The highest BCUT2D eigenvalue weighted by molar-refractivity contribution is 7.25. The van der Waals surface area contributed by atoms with Crippen LogP contribution >= 0.6 is 22.7 Å². The summed E-state index contributed by atoms with van der Waals surface area (Å²) in [5.74, 6) is 0. The highest BCUT2D eigenvalue weighted by atomic mass is 32.1. The van der Waals surface area contributed by atoms with Crippen LogP contribution in [0.2, 0.25) is 0 Å². The van der Waals surface area contributed by atoms with Gasteiger partial charge in [-0.15, -0.1) is 22.7 Å². The maximum absolute atomic E-state index is 2.53. The molecule has 5 heteroatoms. The van der Waals surface area contributed by atoms with Gasteiger partial charge in [0.1, 0.15) is 0 Å². The van der Waals surface area contributed by atoms with E-state index in [1.54, 1.807) is 0 Å². The maximum atomic E-state index is 2.53. The zero-order valence-corrected chi connectivity index (χ0v) is 24.3. The van der Waals surface area contributed by atoms with Gasteiger partial charge in [-0.05, 0) is 84.3 Å². The first-order valence-corrected chi connectivity index (χ1v) is 15.8. The summed E-state index contributed by atoms with van der Waals surface area (Å²) in [5, 5.41) is 0.